The lowest BCUT2D eigenvalue weighted by molar-refractivity contribution is -0.143. The zero-order valence-electron chi connectivity index (χ0n) is 28.1. The molecular formula is C37H38ClN3O10. The summed E-state index contributed by atoms with van der Waals surface area (Å²) in [6.45, 7) is 11.1. The van der Waals surface area contributed by atoms with E-state index in [1.54, 1.807) is 19.1 Å². The maximum absolute atomic E-state index is 14.1. The number of phenols is 4. The number of halogens is 1. The van der Waals surface area contributed by atoms with Crippen LogP contribution in [0.25, 0.3) is 11.1 Å². The van der Waals surface area contributed by atoms with E-state index in [0.29, 0.717) is 0 Å². The molecule has 0 aliphatic carbocycles. The first-order chi connectivity index (χ1) is 23.9. The van der Waals surface area contributed by atoms with E-state index in [2.05, 4.69) is 22.5 Å². The Bertz CT molecular complexity index is 1990. The zero-order valence-corrected chi connectivity index (χ0v) is 28.8. The molecule has 0 unspecified atom stereocenters. The second kappa shape index (κ2) is 15.4. The third kappa shape index (κ3) is 8.34. The van der Waals surface area contributed by atoms with Crippen molar-refractivity contribution in [3.63, 3.8) is 0 Å². The molecule has 3 aromatic carbocycles. The van der Waals surface area contributed by atoms with Gasteiger partial charge in [0.15, 0.2) is 6.04 Å². The molecule has 0 spiro atoms. The zero-order chi connectivity index (χ0) is 37.9. The average molecular weight is 720 g/mol. The maximum Gasteiger partial charge on any atom is 0.330 e. The number of fused-ring (bicyclic) bond motifs is 4. The highest BCUT2D eigenvalue weighted by atomic mass is 35.5. The molecule has 51 heavy (non-hydrogen) atoms. The van der Waals surface area contributed by atoms with Crippen LogP contribution in [0, 0.1) is 5.92 Å². The van der Waals surface area contributed by atoms with E-state index in [1.807, 2.05) is 20.8 Å². The minimum absolute atomic E-state index is 0.0335. The number of amides is 3. The first-order valence-corrected chi connectivity index (χ1v) is 16.0. The van der Waals surface area contributed by atoms with E-state index in [-0.39, 0.29) is 38.6 Å². The van der Waals surface area contributed by atoms with Crippen molar-refractivity contribution in [2.24, 2.45) is 5.92 Å². The van der Waals surface area contributed by atoms with Gasteiger partial charge in [-0.15, -0.1) is 0 Å². The molecule has 0 saturated carbocycles. The number of aromatic hydroxyl groups is 4. The van der Waals surface area contributed by atoms with Crippen molar-refractivity contribution < 1.29 is 49.8 Å². The molecule has 3 amide bonds. The van der Waals surface area contributed by atoms with Crippen LogP contribution in [-0.2, 0) is 19.2 Å². The predicted molar refractivity (Wildman–Crippen MR) is 188 cm³/mol. The summed E-state index contributed by atoms with van der Waals surface area (Å²) >= 11 is 6.04. The van der Waals surface area contributed by atoms with Crippen molar-refractivity contribution in [1.82, 2.24) is 16.0 Å². The topological polar surface area (TPSA) is 226 Å². The van der Waals surface area contributed by atoms with Crippen LogP contribution in [0.3, 0.4) is 0 Å². The third-order valence-corrected chi connectivity index (χ3v) is 8.94. The first kappa shape index (κ1) is 38.0. The number of aliphatic carboxylic acids is 1. The fourth-order valence-corrected chi connectivity index (χ4v) is 5.62. The molecule has 4 rings (SSSR count). The number of aliphatic hydroxyl groups is 1. The number of rotatable bonds is 8. The number of hydrogen-bond acceptors (Lipinski definition) is 9. The van der Waals surface area contributed by atoms with Crippen molar-refractivity contribution in [2.45, 2.75) is 51.9 Å². The van der Waals surface area contributed by atoms with E-state index < -0.39 is 71.1 Å². The van der Waals surface area contributed by atoms with Gasteiger partial charge in [-0.05, 0) is 73.4 Å². The van der Waals surface area contributed by atoms with Crippen LogP contribution in [0.4, 0.5) is 0 Å². The van der Waals surface area contributed by atoms with Crippen LogP contribution in [0.15, 0.2) is 84.0 Å². The number of aliphatic hydroxyl groups excluding tert-OH is 1. The van der Waals surface area contributed by atoms with Crippen LogP contribution >= 0.6 is 11.6 Å². The number of nitrogens with one attached hydrogen (secondary N) is 3. The molecule has 13 nitrogen and oxygen atoms in total. The van der Waals surface area contributed by atoms with E-state index in [1.165, 1.54) is 18.2 Å². The number of carboxylic acids is 1. The van der Waals surface area contributed by atoms with Gasteiger partial charge in [-0.3, -0.25) is 14.4 Å². The smallest absolute Gasteiger partial charge is 0.330 e. The summed E-state index contributed by atoms with van der Waals surface area (Å²) in [6, 6.07) is 3.57. The Morgan fingerprint density at radius 3 is 2.22 bits per heavy atom. The Morgan fingerprint density at radius 1 is 0.922 bits per heavy atom. The van der Waals surface area contributed by atoms with Crippen molar-refractivity contribution >= 4 is 35.3 Å². The number of phenolic OH excluding ortho intramolecular Hbond substituents is 4. The summed E-state index contributed by atoms with van der Waals surface area (Å²) in [7, 11) is 0. The minimum Gasteiger partial charge on any atom is -0.508 e. The summed E-state index contributed by atoms with van der Waals surface area (Å²) in [6.07, 6.45) is 1.47. The summed E-state index contributed by atoms with van der Waals surface area (Å²) in [5.41, 5.74) is 1.76. The molecule has 9 N–H and O–H groups in total. The van der Waals surface area contributed by atoms with Gasteiger partial charge in [-0.1, -0.05) is 55.0 Å². The van der Waals surface area contributed by atoms with Gasteiger partial charge >= 0.3 is 5.97 Å². The Morgan fingerprint density at radius 2 is 1.59 bits per heavy atom. The summed E-state index contributed by atoms with van der Waals surface area (Å²) in [5.74, 6) is -7.39. The Labute approximate surface area is 298 Å². The molecule has 0 fully saturated rings. The van der Waals surface area contributed by atoms with Gasteiger partial charge in [0.05, 0.1) is 10.9 Å². The second-order valence-electron chi connectivity index (χ2n) is 12.3. The SMILES string of the molecule is C=C(C)/C(C)=C(C)\C=C\[C@@H](C)C(=O)N[C@H]1C(=O)N[C@@H]([C@H](O)c2ccc(O)c(Cl)c2)C(=O)N[C@H](C(=O)O)c2cc(O)cc(O)c2-c2cc1ccc2O. The Balaban J connectivity index is 1.92. The van der Waals surface area contributed by atoms with Gasteiger partial charge in [0.2, 0.25) is 17.7 Å². The lowest BCUT2D eigenvalue weighted by Gasteiger charge is -2.30. The third-order valence-electron chi connectivity index (χ3n) is 8.64. The van der Waals surface area contributed by atoms with Crippen LogP contribution < -0.4 is 16.0 Å². The van der Waals surface area contributed by atoms with E-state index in [0.717, 1.165) is 47.1 Å². The second-order valence-corrected chi connectivity index (χ2v) is 12.7. The molecule has 268 valence electrons. The summed E-state index contributed by atoms with van der Waals surface area (Å²) in [4.78, 5) is 54.2. The molecule has 1 heterocycles. The van der Waals surface area contributed by atoms with E-state index >= 15 is 0 Å². The molecule has 5 atom stereocenters. The Kier molecular flexibility index (Phi) is 11.5. The lowest BCUT2D eigenvalue weighted by atomic mass is 9.89. The van der Waals surface area contributed by atoms with Gasteiger partial charge in [0, 0.05) is 22.8 Å². The van der Waals surface area contributed by atoms with Crippen molar-refractivity contribution in [3.05, 3.63) is 106 Å². The molecule has 0 aromatic heterocycles. The number of benzene rings is 3. The molecule has 0 saturated heterocycles. The first-order valence-electron chi connectivity index (χ1n) is 15.6. The van der Waals surface area contributed by atoms with Crippen LogP contribution in [0.1, 0.15) is 62.6 Å². The van der Waals surface area contributed by atoms with Gasteiger partial charge < -0.3 is 46.6 Å². The molecule has 1 aliphatic heterocycles. The standard InChI is InChI=1S/C37H38ClN3O10/c1-16(2)19(5)17(3)6-7-18(4)34(47)39-30-20-8-10-26(43)23(12-20)29-24(14-22(42)15-28(29)45)31(37(50)51)40-36(49)32(41-35(30)48)33(46)21-9-11-27(44)25(38)13-21/h6-15,18,30-33,42-46H,1H2,2-5H3,(H,39,47)(H,40,49)(H,41,48)(H,50,51)/b7-6+,19-17-/t18-,30-,31+,32+,33-/m1/s1. The fourth-order valence-electron chi connectivity index (χ4n) is 5.43. The predicted octanol–water partition coefficient (Wildman–Crippen LogP) is 4.57. The van der Waals surface area contributed by atoms with Gasteiger partial charge in [0.25, 0.3) is 0 Å². The van der Waals surface area contributed by atoms with Crippen molar-refractivity contribution in [2.75, 3.05) is 0 Å². The lowest BCUT2D eigenvalue weighted by Crippen LogP contribution is -2.54. The molecular weight excluding hydrogens is 682 g/mol. The highest BCUT2D eigenvalue weighted by Gasteiger charge is 2.38. The number of carbonyl (C=O) groups is 4. The van der Waals surface area contributed by atoms with E-state index in [4.69, 9.17) is 11.6 Å². The quantitative estimate of drug-likeness (QED) is 0.147. The average Bonchev–Trinajstić information content (AvgIpc) is 3.07. The number of hydrogen-bond donors (Lipinski definition) is 9. The number of allylic oxidation sites excluding steroid dienone is 4. The van der Waals surface area contributed by atoms with Gasteiger partial charge in [-0.25, -0.2) is 4.79 Å². The number of carboxylic acid groups (broad SMARTS) is 1. The number of carbonyl (C=O) groups excluding carboxylic acids is 3. The fraction of sp³-hybridized carbons (Fsp3) is 0.243. The molecule has 3 aromatic rings. The monoisotopic (exact) mass is 719 g/mol. The van der Waals surface area contributed by atoms with E-state index in [9.17, 15) is 49.8 Å². The Hall–Kier alpha value is -5.79. The summed E-state index contributed by atoms with van der Waals surface area (Å²) in [5, 5.41) is 70.9. The van der Waals surface area contributed by atoms with Crippen molar-refractivity contribution in [1.29, 1.82) is 0 Å². The van der Waals surface area contributed by atoms with Gasteiger partial charge in [-0.2, -0.15) is 0 Å². The highest BCUT2D eigenvalue weighted by Crippen LogP contribution is 2.44. The minimum atomic E-state index is -2.00. The molecule has 1 aliphatic rings. The molecule has 0 radical (unpaired) electrons. The highest BCUT2D eigenvalue weighted by molar-refractivity contribution is 6.32. The molecule has 14 heteroatoms. The maximum atomic E-state index is 14.1. The normalized spacial score (nSPS) is 19.3. The molecule has 2 bridgehead atoms. The largest absolute Gasteiger partial charge is 0.508 e. The van der Waals surface area contributed by atoms with Crippen LogP contribution in [-0.4, -0.2) is 60.4 Å². The van der Waals surface area contributed by atoms with Gasteiger partial charge in [0.1, 0.15) is 41.2 Å². The van der Waals surface area contributed by atoms with Crippen LogP contribution in [0.5, 0.6) is 23.0 Å². The van der Waals surface area contributed by atoms with Crippen LogP contribution in [0.2, 0.25) is 5.02 Å². The summed E-state index contributed by atoms with van der Waals surface area (Å²) < 4.78 is 0. The van der Waals surface area contributed by atoms with Crippen molar-refractivity contribution in [3.8, 4) is 34.1 Å².